The second kappa shape index (κ2) is 10.8. The minimum Gasteiger partial charge on any atom is -0.354 e. The van der Waals surface area contributed by atoms with Crippen LogP contribution < -0.4 is 10.2 Å². The fourth-order valence-electron chi connectivity index (χ4n) is 4.72. The largest absolute Gasteiger partial charge is 0.354 e. The van der Waals surface area contributed by atoms with Crippen molar-refractivity contribution in [1.82, 2.24) is 14.5 Å². The van der Waals surface area contributed by atoms with Crippen molar-refractivity contribution in [3.8, 4) is 0 Å². The van der Waals surface area contributed by atoms with E-state index >= 15 is 0 Å². The van der Waals surface area contributed by atoms with Gasteiger partial charge in [-0.25, -0.2) is 8.42 Å². The number of carbonyl (C=O) groups excluding carboxylic acids is 2. The van der Waals surface area contributed by atoms with Gasteiger partial charge in [0.2, 0.25) is 21.8 Å². The molecule has 1 aromatic carbocycles. The summed E-state index contributed by atoms with van der Waals surface area (Å²) < 4.78 is 27.2. The normalized spacial score (nSPS) is 19.2. The van der Waals surface area contributed by atoms with Gasteiger partial charge in [0.15, 0.2) is 0 Å². The van der Waals surface area contributed by atoms with E-state index in [1.54, 1.807) is 26.0 Å². The number of hydrogen-bond donors (Lipinski definition) is 1. The van der Waals surface area contributed by atoms with Crippen LogP contribution in [0.3, 0.4) is 0 Å². The highest BCUT2D eigenvalue weighted by Crippen LogP contribution is 2.34. The minimum atomic E-state index is -3.60. The first-order valence-electron chi connectivity index (χ1n) is 11.7. The summed E-state index contributed by atoms with van der Waals surface area (Å²) in [5.74, 6) is -0.417. The Morgan fingerprint density at radius 2 is 1.81 bits per heavy atom. The van der Waals surface area contributed by atoms with E-state index in [1.165, 1.54) is 41.5 Å². The van der Waals surface area contributed by atoms with Crippen LogP contribution in [0.4, 0.5) is 5.69 Å². The summed E-state index contributed by atoms with van der Waals surface area (Å²) in [6.45, 7) is 9.60. The Hall–Kier alpha value is -1.97. The van der Waals surface area contributed by atoms with E-state index < -0.39 is 16.1 Å². The predicted molar refractivity (Wildman–Crippen MR) is 125 cm³/mol. The zero-order valence-corrected chi connectivity index (χ0v) is 20.3. The average Bonchev–Trinajstić information content (AvgIpc) is 3.17. The predicted octanol–water partition coefficient (Wildman–Crippen LogP) is 1.99. The molecule has 2 aliphatic heterocycles. The molecule has 0 radical (unpaired) electrons. The van der Waals surface area contributed by atoms with Crippen LogP contribution in [0.25, 0.3) is 0 Å². The summed E-state index contributed by atoms with van der Waals surface area (Å²) >= 11 is 0. The van der Waals surface area contributed by atoms with E-state index in [0.717, 1.165) is 26.1 Å². The molecule has 1 aromatic rings. The van der Waals surface area contributed by atoms with E-state index in [4.69, 9.17) is 0 Å². The summed E-state index contributed by atoms with van der Waals surface area (Å²) in [5.41, 5.74) is 1.33. The fourth-order valence-corrected chi connectivity index (χ4v) is 6.22. The molecule has 9 heteroatoms. The van der Waals surface area contributed by atoms with Gasteiger partial charge >= 0.3 is 0 Å². The number of amides is 2. The summed E-state index contributed by atoms with van der Waals surface area (Å²) in [7, 11) is -3.60. The van der Waals surface area contributed by atoms with Crippen LogP contribution in [-0.4, -0.2) is 74.7 Å². The molecule has 0 unspecified atom stereocenters. The van der Waals surface area contributed by atoms with Gasteiger partial charge in [-0.15, -0.1) is 0 Å². The Morgan fingerprint density at radius 3 is 2.44 bits per heavy atom. The molecule has 8 nitrogen and oxygen atoms in total. The number of likely N-dealkylation sites (tertiary alicyclic amines) is 1. The van der Waals surface area contributed by atoms with Gasteiger partial charge in [-0.3, -0.25) is 14.5 Å². The van der Waals surface area contributed by atoms with Gasteiger partial charge in [0.25, 0.3) is 0 Å². The van der Waals surface area contributed by atoms with Crippen molar-refractivity contribution >= 4 is 27.5 Å². The highest BCUT2D eigenvalue weighted by Gasteiger charge is 2.37. The number of nitrogens with zero attached hydrogens (tertiary/aromatic N) is 3. The Morgan fingerprint density at radius 1 is 1.12 bits per heavy atom. The first-order valence-corrected chi connectivity index (χ1v) is 13.2. The zero-order chi connectivity index (χ0) is 23.3. The number of anilines is 1. The van der Waals surface area contributed by atoms with Crippen molar-refractivity contribution in [2.45, 2.75) is 63.8 Å². The van der Waals surface area contributed by atoms with Crippen molar-refractivity contribution in [3.05, 3.63) is 23.8 Å². The average molecular weight is 465 g/mol. The van der Waals surface area contributed by atoms with Gasteiger partial charge < -0.3 is 10.2 Å². The highest BCUT2D eigenvalue weighted by molar-refractivity contribution is 7.89. The monoisotopic (exact) mass is 464 g/mol. The third kappa shape index (κ3) is 5.32. The van der Waals surface area contributed by atoms with E-state index in [9.17, 15) is 18.0 Å². The Bertz CT molecular complexity index is 924. The maximum atomic E-state index is 12.9. The summed E-state index contributed by atoms with van der Waals surface area (Å²) in [5, 5.41) is 2.98. The molecule has 0 saturated carbocycles. The zero-order valence-electron chi connectivity index (χ0n) is 19.5. The van der Waals surface area contributed by atoms with Gasteiger partial charge in [0.05, 0.1) is 4.90 Å². The van der Waals surface area contributed by atoms with Crippen molar-refractivity contribution in [1.29, 1.82) is 0 Å². The van der Waals surface area contributed by atoms with E-state index in [1.807, 2.05) is 0 Å². The molecule has 0 bridgehead atoms. The first-order chi connectivity index (χ1) is 15.3. The molecule has 32 heavy (non-hydrogen) atoms. The second-order valence-electron chi connectivity index (χ2n) is 8.54. The van der Waals surface area contributed by atoms with Gasteiger partial charge in [-0.2, -0.15) is 4.31 Å². The van der Waals surface area contributed by atoms with Crippen molar-refractivity contribution in [3.63, 3.8) is 0 Å². The first kappa shape index (κ1) is 24.7. The molecule has 0 aromatic heterocycles. The third-order valence-corrected chi connectivity index (χ3v) is 8.47. The van der Waals surface area contributed by atoms with Crippen LogP contribution in [0.1, 0.15) is 52.0 Å². The highest BCUT2D eigenvalue weighted by atomic mass is 32.2. The van der Waals surface area contributed by atoms with Crippen LogP contribution in [0.5, 0.6) is 0 Å². The summed E-state index contributed by atoms with van der Waals surface area (Å²) in [6.07, 6.45) is 4.97. The number of rotatable bonds is 9. The standard InChI is InChI=1S/C23H36N4O4S/c1-4-26(5-2)32(30,31)20-10-11-21-19(16-20)17-22(27(21)18(3)28)23(29)24-12-9-15-25-13-7-6-8-14-25/h10-11,16,22H,4-9,12-15,17H2,1-3H3,(H,24,29)/t22-/m1/s1. The Kier molecular flexibility index (Phi) is 8.30. The summed E-state index contributed by atoms with van der Waals surface area (Å²) in [4.78, 5) is 29.4. The van der Waals surface area contributed by atoms with Crippen LogP contribution in [0, 0.1) is 0 Å². The number of fused-ring (bicyclic) bond motifs is 1. The van der Waals surface area contributed by atoms with Crippen molar-refractivity contribution < 1.29 is 18.0 Å². The molecule has 1 N–H and O–H groups in total. The van der Waals surface area contributed by atoms with Gasteiger partial charge in [0.1, 0.15) is 6.04 Å². The molecule has 1 atom stereocenters. The molecule has 178 valence electrons. The van der Waals surface area contributed by atoms with E-state index in [0.29, 0.717) is 37.3 Å². The topological polar surface area (TPSA) is 90.0 Å². The number of sulfonamides is 1. The molecule has 1 fully saturated rings. The second-order valence-corrected chi connectivity index (χ2v) is 10.5. The third-order valence-electron chi connectivity index (χ3n) is 6.42. The molecular formula is C23H36N4O4S. The Balaban J connectivity index is 1.67. The molecule has 0 aliphatic carbocycles. The van der Waals surface area contributed by atoms with Crippen LogP contribution in [0.15, 0.2) is 23.1 Å². The molecule has 2 amide bonds. The lowest BCUT2D eigenvalue weighted by Gasteiger charge is -2.26. The lowest BCUT2D eigenvalue weighted by molar-refractivity contribution is -0.125. The van der Waals surface area contributed by atoms with Crippen LogP contribution in [0.2, 0.25) is 0 Å². The molecule has 1 saturated heterocycles. The van der Waals surface area contributed by atoms with Crippen LogP contribution >= 0.6 is 0 Å². The fraction of sp³-hybridized carbons (Fsp3) is 0.652. The van der Waals surface area contributed by atoms with Crippen LogP contribution in [-0.2, 0) is 26.0 Å². The lowest BCUT2D eigenvalue weighted by Crippen LogP contribution is -2.47. The molecular weight excluding hydrogens is 428 g/mol. The minimum absolute atomic E-state index is 0.191. The maximum Gasteiger partial charge on any atom is 0.243 e. The number of piperidine rings is 1. The number of carbonyl (C=O) groups is 2. The maximum absolute atomic E-state index is 12.9. The summed E-state index contributed by atoms with van der Waals surface area (Å²) in [6, 6.07) is 4.14. The van der Waals surface area contributed by atoms with E-state index in [-0.39, 0.29) is 16.7 Å². The van der Waals surface area contributed by atoms with E-state index in [2.05, 4.69) is 10.2 Å². The van der Waals surface area contributed by atoms with Gasteiger partial charge in [-0.05, 0) is 62.7 Å². The molecule has 2 aliphatic rings. The quantitative estimate of drug-likeness (QED) is 0.565. The molecule has 0 spiro atoms. The van der Waals surface area contributed by atoms with Gasteiger partial charge in [0, 0.05) is 38.7 Å². The SMILES string of the molecule is CCN(CC)S(=O)(=O)c1ccc2c(c1)C[C@H](C(=O)NCCCN1CCCCC1)N2C(C)=O. The molecule has 2 heterocycles. The number of hydrogen-bond acceptors (Lipinski definition) is 5. The van der Waals surface area contributed by atoms with Gasteiger partial charge in [-0.1, -0.05) is 20.3 Å². The number of nitrogens with one attached hydrogen (secondary N) is 1. The number of benzene rings is 1. The lowest BCUT2D eigenvalue weighted by atomic mass is 10.1. The van der Waals surface area contributed by atoms with Crippen molar-refractivity contribution in [2.24, 2.45) is 0 Å². The Labute approximate surface area is 192 Å². The molecule has 3 rings (SSSR count). The van der Waals surface area contributed by atoms with Crippen molar-refractivity contribution in [2.75, 3.05) is 44.2 Å². The smallest absolute Gasteiger partial charge is 0.243 e.